The van der Waals surface area contributed by atoms with Gasteiger partial charge in [0.15, 0.2) is 0 Å². The lowest BCUT2D eigenvalue weighted by Crippen LogP contribution is -2.41. The Hall–Kier alpha value is -1.59. The number of rotatable bonds is 7. The summed E-state index contributed by atoms with van der Waals surface area (Å²) < 4.78 is 0. The predicted molar refractivity (Wildman–Crippen MR) is 89.3 cm³/mol. The zero-order chi connectivity index (χ0) is 15.2. The Morgan fingerprint density at radius 3 is 2.45 bits per heavy atom. The largest absolute Gasteiger partial charge is 0.352 e. The van der Waals surface area contributed by atoms with E-state index in [9.17, 15) is 9.59 Å². The van der Waals surface area contributed by atoms with E-state index in [2.05, 4.69) is 10.6 Å². The van der Waals surface area contributed by atoms with E-state index in [1.807, 2.05) is 6.92 Å². The van der Waals surface area contributed by atoms with Crippen molar-refractivity contribution < 1.29 is 9.59 Å². The van der Waals surface area contributed by atoms with Crippen LogP contribution >= 0.6 is 12.4 Å². The minimum atomic E-state index is -0.164. The number of nitrogens with two attached hydrogens (primary N) is 1. The van der Waals surface area contributed by atoms with Gasteiger partial charge in [-0.25, -0.2) is 0 Å². The summed E-state index contributed by atoms with van der Waals surface area (Å²) in [6.45, 7) is 3.08. The van der Waals surface area contributed by atoms with Crippen molar-refractivity contribution in [2.24, 2.45) is 11.7 Å². The normalized spacial score (nSPS) is 14.6. The Morgan fingerprint density at radius 1 is 1.27 bits per heavy atom. The maximum absolute atomic E-state index is 12.2. The lowest BCUT2D eigenvalue weighted by atomic mass is 10.1. The van der Waals surface area contributed by atoms with Gasteiger partial charge < -0.3 is 16.4 Å². The van der Waals surface area contributed by atoms with Crippen molar-refractivity contribution in [2.45, 2.75) is 32.2 Å². The third-order valence-electron chi connectivity index (χ3n) is 3.68. The molecule has 1 aliphatic rings. The molecule has 122 valence electrons. The highest BCUT2D eigenvalue weighted by molar-refractivity contribution is 5.99. The monoisotopic (exact) mass is 325 g/mol. The van der Waals surface area contributed by atoms with Crippen LogP contribution in [0.4, 0.5) is 0 Å². The van der Waals surface area contributed by atoms with E-state index in [0.29, 0.717) is 30.1 Å². The van der Waals surface area contributed by atoms with Crippen LogP contribution in [0.5, 0.6) is 0 Å². The fraction of sp³-hybridized carbons (Fsp3) is 0.500. The van der Waals surface area contributed by atoms with Crippen molar-refractivity contribution in [3.8, 4) is 0 Å². The van der Waals surface area contributed by atoms with Crippen molar-refractivity contribution in [3.63, 3.8) is 0 Å². The van der Waals surface area contributed by atoms with Gasteiger partial charge in [-0.05, 0) is 43.4 Å². The Labute approximate surface area is 137 Å². The lowest BCUT2D eigenvalue weighted by molar-refractivity contribution is 0.0933. The second-order valence-corrected chi connectivity index (χ2v) is 5.49. The van der Waals surface area contributed by atoms with Crippen LogP contribution in [-0.4, -0.2) is 30.9 Å². The minimum Gasteiger partial charge on any atom is -0.352 e. The molecule has 1 saturated carbocycles. The minimum absolute atomic E-state index is 0. The second kappa shape index (κ2) is 8.76. The summed E-state index contributed by atoms with van der Waals surface area (Å²) in [5.41, 5.74) is 6.70. The Balaban J connectivity index is 0.00000242. The molecule has 0 bridgehead atoms. The van der Waals surface area contributed by atoms with Gasteiger partial charge in [-0.1, -0.05) is 13.0 Å². The second-order valence-electron chi connectivity index (χ2n) is 5.49. The van der Waals surface area contributed by atoms with Crippen LogP contribution in [-0.2, 0) is 0 Å². The molecule has 1 atom stereocenters. The van der Waals surface area contributed by atoms with E-state index >= 15 is 0 Å². The molecule has 0 radical (unpaired) electrons. The molecule has 0 spiro atoms. The molecule has 2 amide bonds. The number of benzene rings is 1. The standard InChI is InChI=1S/C16H23N3O2.ClH/c1-2-8-18-15(20)12-4-3-5-13(9-12)16(21)19-14(10-17)11-6-7-11;/h3-5,9,11,14H,2,6-8,10,17H2,1H3,(H,18,20)(H,19,21);1H. The van der Waals surface area contributed by atoms with E-state index in [1.54, 1.807) is 24.3 Å². The smallest absolute Gasteiger partial charge is 0.251 e. The van der Waals surface area contributed by atoms with Gasteiger partial charge in [0.05, 0.1) is 0 Å². The molecule has 1 aliphatic carbocycles. The fourth-order valence-corrected chi connectivity index (χ4v) is 2.26. The van der Waals surface area contributed by atoms with Gasteiger partial charge >= 0.3 is 0 Å². The number of carbonyl (C=O) groups is 2. The summed E-state index contributed by atoms with van der Waals surface area (Å²) in [7, 11) is 0. The first-order chi connectivity index (χ1) is 10.2. The molecule has 4 N–H and O–H groups in total. The number of hydrogen-bond acceptors (Lipinski definition) is 3. The molecule has 0 aromatic heterocycles. The molecular weight excluding hydrogens is 302 g/mol. The highest BCUT2D eigenvalue weighted by Crippen LogP contribution is 2.32. The highest BCUT2D eigenvalue weighted by atomic mass is 35.5. The molecule has 0 aliphatic heterocycles. The van der Waals surface area contributed by atoms with E-state index < -0.39 is 0 Å². The number of amides is 2. The van der Waals surface area contributed by atoms with Crippen molar-refractivity contribution in [2.75, 3.05) is 13.1 Å². The van der Waals surface area contributed by atoms with Crippen LogP contribution in [0.1, 0.15) is 46.9 Å². The zero-order valence-corrected chi connectivity index (χ0v) is 13.6. The molecule has 22 heavy (non-hydrogen) atoms. The van der Waals surface area contributed by atoms with Gasteiger partial charge in [0.2, 0.25) is 0 Å². The summed E-state index contributed by atoms with van der Waals surface area (Å²) in [4.78, 5) is 24.1. The molecule has 1 fully saturated rings. The van der Waals surface area contributed by atoms with Gasteiger partial charge in [-0.2, -0.15) is 0 Å². The third kappa shape index (κ3) is 5.00. The Kier molecular flexibility index (Phi) is 7.35. The molecule has 1 aromatic rings. The first-order valence-electron chi connectivity index (χ1n) is 7.55. The van der Waals surface area contributed by atoms with Gasteiger partial charge in [0.25, 0.3) is 11.8 Å². The van der Waals surface area contributed by atoms with Crippen LogP contribution in [0.3, 0.4) is 0 Å². The summed E-state index contributed by atoms with van der Waals surface area (Å²) in [5.74, 6) is 0.196. The molecule has 2 rings (SSSR count). The van der Waals surface area contributed by atoms with Crippen molar-refractivity contribution in [1.29, 1.82) is 0 Å². The number of carbonyl (C=O) groups excluding carboxylic acids is 2. The topological polar surface area (TPSA) is 84.2 Å². The molecule has 6 heteroatoms. The van der Waals surface area contributed by atoms with Gasteiger partial charge in [-0.15, -0.1) is 12.4 Å². The quantitative estimate of drug-likeness (QED) is 0.713. The number of hydrogen-bond donors (Lipinski definition) is 3. The van der Waals surface area contributed by atoms with Gasteiger partial charge in [0.1, 0.15) is 0 Å². The molecule has 1 aromatic carbocycles. The summed E-state index contributed by atoms with van der Waals surface area (Å²) in [5, 5.41) is 5.76. The summed E-state index contributed by atoms with van der Waals surface area (Å²) in [6, 6.07) is 6.82. The molecule has 5 nitrogen and oxygen atoms in total. The SMILES string of the molecule is CCCNC(=O)c1cccc(C(=O)NC(CN)C2CC2)c1.Cl. The number of nitrogens with one attached hydrogen (secondary N) is 2. The molecular formula is C16H24ClN3O2. The van der Waals surface area contributed by atoms with E-state index in [0.717, 1.165) is 19.3 Å². The molecule has 0 saturated heterocycles. The predicted octanol–water partition coefficient (Wildman–Crippen LogP) is 1.72. The van der Waals surface area contributed by atoms with E-state index in [4.69, 9.17) is 5.73 Å². The van der Waals surface area contributed by atoms with Crippen LogP contribution in [0.15, 0.2) is 24.3 Å². The van der Waals surface area contributed by atoms with Crippen LogP contribution in [0.2, 0.25) is 0 Å². The van der Waals surface area contributed by atoms with Crippen molar-refractivity contribution in [1.82, 2.24) is 10.6 Å². The van der Waals surface area contributed by atoms with E-state index in [1.165, 1.54) is 0 Å². The molecule has 0 heterocycles. The number of halogens is 1. The fourth-order valence-electron chi connectivity index (χ4n) is 2.26. The first kappa shape index (κ1) is 18.5. The average molecular weight is 326 g/mol. The summed E-state index contributed by atoms with van der Waals surface area (Å²) >= 11 is 0. The Bertz CT molecular complexity index is 518. The highest BCUT2D eigenvalue weighted by Gasteiger charge is 2.31. The van der Waals surface area contributed by atoms with Crippen LogP contribution in [0.25, 0.3) is 0 Å². The Morgan fingerprint density at radius 2 is 1.91 bits per heavy atom. The zero-order valence-electron chi connectivity index (χ0n) is 12.8. The van der Waals surface area contributed by atoms with Crippen LogP contribution < -0.4 is 16.4 Å². The average Bonchev–Trinajstić information content (AvgIpc) is 3.34. The van der Waals surface area contributed by atoms with Crippen molar-refractivity contribution >= 4 is 24.2 Å². The van der Waals surface area contributed by atoms with Gasteiger partial charge in [-0.3, -0.25) is 9.59 Å². The lowest BCUT2D eigenvalue weighted by Gasteiger charge is -2.16. The van der Waals surface area contributed by atoms with Crippen LogP contribution in [0, 0.1) is 5.92 Å². The maximum atomic E-state index is 12.2. The molecule has 1 unspecified atom stereocenters. The van der Waals surface area contributed by atoms with Gasteiger partial charge in [0, 0.05) is 30.3 Å². The van der Waals surface area contributed by atoms with Crippen molar-refractivity contribution in [3.05, 3.63) is 35.4 Å². The third-order valence-corrected chi connectivity index (χ3v) is 3.68. The maximum Gasteiger partial charge on any atom is 0.251 e. The summed E-state index contributed by atoms with van der Waals surface area (Å²) in [6.07, 6.45) is 3.13. The first-order valence-corrected chi connectivity index (χ1v) is 7.55. The van der Waals surface area contributed by atoms with E-state index in [-0.39, 0.29) is 30.3 Å².